The van der Waals surface area contributed by atoms with Gasteiger partial charge in [0, 0.05) is 31.5 Å². The van der Waals surface area contributed by atoms with Crippen molar-refractivity contribution in [2.45, 2.75) is 23.3 Å². The Bertz CT molecular complexity index is 3400. The average Bonchev–Trinajstić information content (AvgIpc) is 3.89. The van der Waals surface area contributed by atoms with E-state index in [9.17, 15) is 0 Å². The lowest BCUT2D eigenvalue weighted by molar-refractivity contribution is 0.623. The van der Waals surface area contributed by atoms with Crippen molar-refractivity contribution in [3.63, 3.8) is 0 Å². The SMILES string of the molecule is C1=CC(N(c2ccc3c(c2)C2(c4ccccc4-3)c3ccccc3C(c3ccccc3)(c3ccccc3)c3ccccc32)c2ccc3c(c2)sc2ccccc23)CC=C1c1ccccc1. The van der Waals surface area contributed by atoms with E-state index in [-0.39, 0.29) is 6.04 Å². The number of hydrogen-bond acceptors (Lipinski definition) is 2. The standard InChI is InChI=1S/C62H43NS/c1-4-18-42(19-5-1)43-32-34-46(35-33-43)63(48-37-39-52-51-25-11-17-31-59(51)64-60(52)41-48)47-36-38-50-49-24-10-12-26-53(49)62(58(50)40-47)56-29-15-13-27-54(56)61(44-20-6-2-7-21-44,45-22-8-3-9-23-45)55-28-14-16-30-57(55)62/h1-34,36-41,46H,35H2. The maximum atomic E-state index is 2.61. The molecule has 1 aromatic heterocycles. The van der Waals surface area contributed by atoms with Gasteiger partial charge in [0.2, 0.25) is 0 Å². The van der Waals surface area contributed by atoms with Gasteiger partial charge >= 0.3 is 0 Å². The van der Waals surface area contributed by atoms with Crippen molar-refractivity contribution in [2.24, 2.45) is 0 Å². The van der Waals surface area contributed by atoms with Gasteiger partial charge in [-0.25, -0.2) is 0 Å². The second-order valence-corrected chi connectivity index (χ2v) is 18.5. The molecule has 64 heavy (non-hydrogen) atoms. The number of nitrogens with zero attached hydrogens (tertiary/aromatic N) is 1. The highest BCUT2D eigenvalue weighted by Crippen LogP contribution is 2.65. The normalized spacial score (nSPS) is 16.2. The number of benzene rings is 9. The van der Waals surface area contributed by atoms with Crippen molar-refractivity contribution in [1.82, 2.24) is 0 Å². The van der Waals surface area contributed by atoms with Crippen LogP contribution >= 0.6 is 11.3 Å². The molecular formula is C62H43NS. The van der Waals surface area contributed by atoms with Crippen molar-refractivity contribution >= 4 is 48.5 Å². The van der Waals surface area contributed by atoms with Crippen LogP contribution in [0.5, 0.6) is 0 Å². The Morgan fingerprint density at radius 1 is 0.406 bits per heavy atom. The fraction of sp³-hybridized carbons (Fsp3) is 0.0645. The first kappa shape index (κ1) is 37.1. The smallest absolute Gasteiger partial charge is 0.0720 e. The number of anilines is 2. The van der Waals surface area contributed by atoms with E-state index in [1.165, 1.54) is 98.3 Å². The molecule has 1 spiro atoms. The van der Waals surface area contributed by atoms with Crippen LogP contribution in [0.3, 0.4) is 0 Å². The van der Waals surface area contributed by atoms with Crippen LogP contribution in [0.1, 0.15) is 56.5 Å². The van der Waals surface area contributed by atoms with Gasteiger partial charge in [-0.3, -0.25) is 0 Å². The van der Waals surface area contributed by atoms with Crippen molar-refractivity contribution in [3.05, 3.63) is 293 Å². The summed E-state index contributed by atoms with van der Waals surface area (Å²) in [5.74, 6) is 0. The molecule has 1 heterocycles. The second kappa shape index (κ2) is 14.5. The van der Waals surface area contributed by atoms with E-state index in [2.05, 4.69) is 248 Å². The third kappa shape index (κ3) is 5.24. The zero-order chi connectivity index (χ0) is 42.2. The first-order chi connectivity index (χ1) is 31.7. The van der Waals surface area contributed by atoms with Gasteiger partial charge in [0.25, 0.3) is 0 Å². The second-order valence-electron chi connectivity index (χ2n) is 17.4. The molecule has 0 amide bonds. The Labute approximate surface area is 378 Å². The molecule has 10 aromatic rings. The zero-order valence-electron chi connectivity index (χ0n) is 35.2. The summed E-state index contributed by atoms with van der Waals surface area (Å²) in [4.78, 5) is 2.61. The largest absolute Gasteiger partial charge is 0.334 e. The molecule has 0 saturated carbocycles. The first-order valence-corrected chi connectivity index (χ1v) is 23.3. The molecular weight excluding hydrogens is 791 g/mol. The topological polar surface area (TPSA) is 3.24 Å². The first-order valence-electron chi connectivity index (χ1n) is 22.4. The Hall–Kier alpha value is -7.52. The maximum absolute atomic E-state index is 2.61. The molecule has 9 aromatic carbocycles. The van der Waals surface area contributed by atoms with Gasteiger partial charge in [0.1, 0.15) is 0 Å². The fourth-order valence-electron chi connectivity index (χ4n) is 11.8. The van der Waals surface area contributed by atoms with Crippen LogP contribution in [0.25, 0.3) is 36.9 Å². The van der Waals surface area contributed by atoms with Gasteiger partial charge in [-0.1, -0.05) is 212 Å². The van der Waals surface area contributed by atoms with Gasteiger partial charge in [-0.2, -0.15) is 0 Å². The number of hydrogen-bond donors (Lipinski definition) is 0. The lowest BCUT2D eigenvalue weighted by Crippen LogP contribution is -2.44. The van der Waals surface area contributed by atoms with Crippen molar-refractivity contribution in [2.75, 3.05) is 4.90 Å². The molecule has 302 valence electrons. The summed E-state index contributed by atoms with van der Waals surface area (Å²) in [6, 6.07) is 84.5. The molecule has 0 bridgehead atoms. The van der Waals surface area contributed by atoms with Gasteiger partial charge in [0.15, 0.2) is 0 Å². The Balaban J connectivity index is 1.07. The van der Waals surface area contributed by atoms with E-state index in [0.717, 1.165) is 6.42 Å². The van der Waals surface area contributed by atoms with Crippen LogP contribution in [0.4, 0.5) is 11.4 Å². The molecule has 3 aliphatic rings. The monoisotopic (exact) mass is 833 g/mol. The van der Waals surface area contributed by atoms with Crippen molar-refractivity contribution < 1.29 is 0 Å². The maximum Gasteiger partial charge on any atom is 0.0720 e. The average molecular weight is 834 g/mol. The van der Waals surface area contributed by atoms with Crippen molar-refractivity contribution in [1.29, 1.82) is 0 Å². The summed E-state index contributed by atoms with van der Waals surface area (Å²) in [6.07, 6.45) is 8.07. The Morgan fingerprint density at radius 2 is 0.922 bits per heavy atom. The molecule has 0 radical (unpaired) electrons. The number of rotatable bonds is 6. The van der Waals surface area contributed by atoms with E-state index in [4.69, 9.17) is 0 Å². The van der Waals surface area contributed by atoms with E-state index >= 15 is 0 Å². The minimum Gasteiger partial charge on any atom is -0.334 e. The number of fused-ring (bicyclic) bond motifs is 12. The van der Waals surface area contributed by atoms with Gasteiger partial charge in [-0.15, -0.1) is 11.3 Å². The molecule has 1 nitrogen and oxygen atoms in total. The lowest BCUT2D eigenvalue weighted by Gasteiger charge is -2.50. The van der Waals surface area contributed by atoms with Crippen LogP contribution in [0, 0.1) is 0 Å². The minimum absolute atomic E-state index is 0.104. The van der Waals surface area contributed by atoms with E-state index < -0.39 is 10.8 Å². The van der Waals surface area contributed by atoms with E-state index in [1.807, 2.05) is 11.3 Å². The third-order valence-corrected chi connectivity index (χ3v) is 15.5. The molecule has 0 fully saturated rings. The molecule has 3 aliphatic carbocycles. The summed E-state index contributed by atoms with van der Waals surface area (Å²) >= 11 is 1.89. The summed E-state index contributed by atoms with van der Waals surface area (Å²) in [5, 5.41) is 2.64. The molecule has 0 saturated heterocycles. The molecule has 0 N–H and O–H groups in total. The summed E-state index contributed by atoms with van der Waals surface area (Å²) in [6.45, 7) is 0. The quantitative estimate of drug-likeness (QED) is 0.161. The predicted molar refractivity (Wildman–Crippen MR) is 269 cm³/mol. The molecule has 0 aliphatic heterocycles. The highest BCUT2D eigenvalue weighted by atomic mass is 32.1. The van der Waals surface area contributed by atoms with Crippen LogP contribution in [0.15, 0.2) is 243 Å². The lowest BCUT2D eigenvalue weighted by atomic mass is 9.51. The van der Waals surface area contributed by atoms with Crippen molar-refractivity contribution in [3.8, 4) is 11.1 Å². The van der Waals surface area contributed by atoms with Crippen LogP contribution in [0.2, 0.25) is 0 Å². The Kier molecular flexibility index (Phi) is 8.41. The minimum atomic E-state index is -0.577. The van der Waals surface area contributed by atoms with Crippen LogP contribution < -0.4 is 4.90 Å². The third-order valence-electron chi connectivity index (χ3n) is 14.3. The fourth-order valence-corrected chi connectivity index (χ4v) is 12.9. The molecule has 2 heteroatoms. The zero-order valence-corrected chi connectivity index (χ0v) is 36.1. The highest BCUT2D eigenvalue weighted by Gasteiger charge is 2.56. The van der Waals surface area contributed by atoms with Gasteiger partial charge in [-0.05, 0) is 104 Å². The Morgan fingerprint density at radius 3 is 1.58 bits per heavy atom. The predicted octanol–water partition coefficient (Wildman–Crippen LogP) is 15.7. The van der Waals surface area contributed by atoms with Crippen LogP contribution in [-0.2, 0) is 10.8 Å². The van der Waals surface area contributed by atoms with E-state index in [1.54, 1.807) is 0 Å². The molecule has 1 atom stereocenters. The van der Waals surface area contributed by atoms with Crippen LogP contribution in [-0.4, -0.2) is 6.04 Å². The summed E-state index contributed by atoms with van der Waals surface area (Å²) < 4.78 is 2.63. The highest BCUT2D eigenvalue weighted by molar-refractivity contribution is 7.25. The number of allylic oxidation sites excluding steroid dienone is 2. The number of thiophene rings is 1. The molecule has 13 rings (SSSR count). The summed E-state index contributed by atoms with van der Waals surface area (Å²) in [7, 11) is 0. The van der Waals surface area contributed by atoms with Gasteiger partial charge < -0.3 is 4.90 Å². The van der Waals surface area contributed by atoms with Gasteiger partial charge in [0.05, 0.1) is 16.9 Å². The van der Waals surface area contributed by atoms with E-state index in [0.29, 0.717) is 0 Å². The molecule has 1 unspecified atom stereocenters. The summed E-state index contributed by atoms with van der Waals surface area (Å²) in [5.41, 5.74) is 16.9.